The lowest BCUT2D eigenvalue weighted by Crippen LogP contribution is -2.27. The van der Waals surface area contributed by atoms with Gasteiger partial charge < -0.3 is 10.1 Å². The Labute approximate surface area is 157 Å². The minimum absolute atomic E-state index is 0.125. The SMILES string of the molecule is COc1ccc([C@H]2Nc3ccc4ncccc4c3C3=C2C(=O)CCC3)cc1. The van der Waals surface area contributed by atoms with Crippen LogP contribution in [0.3, 0.4) is 0 Å². The fourth-order valence-electron chi connectivity index (χ4n) is 4.33. The van der Waals surface area contributed by atoms with Gasteiger partial charge in [0.05, 0.1) is 18.7 Å². The molecule has 1 N–H and O–H groups in total. The zero-order valence-electron chi connectivity index (χ0n) is 15.2. The van der Waals surface area contributed by atoms with Crippen LogP contribution in [0, 0.1) is 0 Å². The molecule has 1 atom stereocenters. The summed E-state index contributed by atoms with van der Waals surface area (Å²) >= 11 is 0. The quantitative estimate of drug-likeness (QED) is 0.708. The van der Waals surface area contributed by atoms with Crippen LogP contribution in [0.5, 0.6) is 5.75 Å². The average Bonchev–Trinajstić information content (AvgIpc) is 2.73. The number of anilines is 1. The fourth-order valence-corrected chi connectivity index (χ4v) is 4.33. The van der Waals surface area contributed by atoms with Gasteiger partial charge in [0.15, 0.2) is 5.78 Å². The van der Waals surface area contributed by atoms with Crippen molar-refractivity contribution >= 4 is 27.9 Å². The molecule has 0 spiro atoms. The Hall–Kier alpha value is -3.14. The molecule has 2 aromatic carbocycles. The number of pyridine rings is 1. The van der Waals surface area contributed by atoms with Crippen LogP contribution >= 0.6 is 0 Å². The van der Waals surface area contributed by atoms with Gasteiger partial charge in [-0.2, -0.15) is 0 Å². The molecule has 2 heterocycles. The van der Waals surface area contributed by atoms with Gasteiger partial charge in [0.1, 0.15) is 5.75 Å². The van der Waals surface area contributed by atoms with Crippen molar-refractivity contribution in [2.45, 2.75) is 25.3 Å². The van der Waals surface area contributed by atoms with E-state index < -0.39 is 0 Å². The molecule has 0 saturated carbocycles. The first-order chi connectivity index (χ1) is 13.3. The first kappa shape index (κ1) is 16.1. The molecule has 4 nitrogen and oxygen atoms in total. The number of ketones is 1. The maximum Gasteiger partial charge on any atom is 0.161 e. The Morgan fingerprint density at radius 3 is 2.74 bits per heavy atom. The molecular formula is C23H20N2O2. The highest BCUT2D eigenvalue weighted by Crippen LogP contribution is 2.47. The lowest BCUT2D eigenvalue weighted by molar-refractivity contribution is -0.116. The van der Waals surface area contributed by atoms with Crippen molar-refractivity contribution in [2.75, 3.05) is 12.4 Å². The van der Waals surface area contributed by atoms with Crippen molar-refractivity contribution in [3.05, 3.63) is 71.4 Å². The van der Waals surface area contributed by atoms with Gasteiger partial charge in [-0.25, -0.2) is 0 Å². The summed E-state index contributed by atoms with van der Waals surface area (Å²) in [7, 11) is 1.66. The standard InChI is InChI=1S/C23H20N2O2/c1-27-15-9-7-14(8-10-15)23-22-17(4-2-6-20(22)26)21-16-5-3-13-24-18(16)11-12-19(21)25-23/h3,5,7-13,23,25H,2,4,6H2,1H3/t23-/m1/s1. The van der Waals surface area contributed by atoms with E-state index in [9.17, 15) is 4.79 Å². The third-order valence-corrected chi connectivity index (χ3v) is 5.58. The van der Waals surface area contributed by atoms with Gasteiger partial charge in [-0.15, -0.1) is 0 Å². The second-order valence-electron chi connectivity index (χ2n) is 7.08. The molecule has 0 radical (unpaired) electrons. The van der Waals surface area contributed by atoms with E-state index in [0.717, 1.165) is 51.9 Å². The van der Waals surface area contributed by atoms with E-state index >= 15 is 0 Å². The number of nitrogens with zero attached hydrogens (tertiary/aromatic N) is 1. The number of Topliss-reactive ketones (excluding diaryl/α,β-unsaturated/α-hetero) is 1. The van der Waals surface area contributed by atoms with E-state index in [1.807, 2.05) is 42.6 Å². The Morgan fingerprint density at radius 2 is 1.93 bits per heavy atom. The smallest absolute Gasteiger partial charge is 0.161 e. The predicted octanol–water partition coefficient (Wildman–Crippen LogP) is 4.92. The Bertz CT molecular complexity index is 1080. The summed E-state index contributed by atoms with van der Waals surface area (Å²) < 4.78 is 5.28. The highest BCUT2D eigenvalue weighted by atomic mass is 16.5. The molecule has 3 aromatic rings. The van der Waals surface area contributed by atoms with Gasteiger partial charge in [-0.1, -0.05) is 18.2 Å². The summed E-state index contributed by atoms with van der Waals surface area (Å²) in [5.74, 6) is 1.06. The first-order valence-corrected chi connectivity index (χ1v) is 9.31. The topological polar surface area (TPSA) is 51.2 Å². The molecule has 27 heavy (non-hydrogen) atoms. The molecular weight excluding hydrogens is 336 g/mol. The van der Waals surface area contributed by atoms with Crippen LogP contribution < -0.4 is 10.1 Å². The maximum atomic E-state index is 12.9. The lowest BCUT2D eigenvalue weighted by Gasteiger charge is -2.35. The van der Waals surface area contributed by atoms with Crippen molar-refractivity contribution < 1.29 is 9.53 Å². The highest BCUT2D eigenvalue weighted by molar-refractivity contribution is 6.12. The van der Waals surface area contributed by atoms with Crippen molar-refractivity contribution in [2.24, 2.45) is 0 Å². The molecule has 0 amide bonds. The van der Waals surface area contributed by atoms with E-state index in [4.69, 9.17) is 4.74 Å². The van der Waals surface area contributed by atoms with Gasteiger partial charge in [-0.05, 0) is 54.3 Å². The molecule has 2 aliphatic rings. The number of allylic oxidation sites excluding steroid dienone is 1. The first-order valence-electron chi connectivity index (χ1n) is 9.31. The Balaban J connectivity index is 1.73. The van der Waals surface area contributed by atoms with E-state index in [0.29, 0.717) is 6.42 Å². The number of hydrogen-bond donors (Lipinski definition) is 1. The monoisotopic (exact) mass is 356 g/mol. The van der Waals surface area contributed by atoms with Crippen LogP contribution in [0.2, 0.25) is 0 Å². The zero-order chi connectivity index (χ0) is 18.4. The van der Waals surface area contributed by atoms with Gasteiger partial charge in [-0.3, -0.25) is 9.78 Å². The van der Waals surface area contributed by atoms with Gasteiger partial charge in [0.25, 0.3) is 0 Å². The number of fused-ring (bicyclic) bond motifs is 4. The van der Waals surface area contributed by atoms with Crippen LogP contribution in [0.1, 0.15) is 36.4 Å². The average molecular weight is 356 g/mol. The van der Waals surface area contributed by atoms with Gasteiger partial charge >= 0.3 is 0 Å². The molecule has 0 saturated heterocycles. The number of nitrogens with one attached hydrogen (secondary N) is 1. The molecule has 134 valence electrons. The summed E-state index contributed by atoms with van der Waals surface area (Å²) in [6, 6.07) is 16.0. The molecule has 1 aromatic heterocycles. The molecule has 4 heteroatoms. The second-order valence-corrected chi connectivity index (χ2v) is 7.08. The fraction of sp³-hybridized carbons (Fsp3) is 0.217. The minimum Gasteiger partial charge on any atom is -0.497 e. The number of carbonyl (C=O) groups excluding carboxylic acids is 1. The zero-order valence-corrected chi connectivity index (χ0v) is 15.2. The molecule has 5 rings (SSSR count). The van der Waals surface area contributed by atoms with Crippen LogP contribution in [0.15, 0.2) is 60.3 Å². The number of hydrogen-bond acceptors (Lipinski definition) is 4. The normalized spacial score (nSPS) is 18.7. The largest absolute Gasteiger partial charge is 0.497 e. The number of benzene rings is 2. The summed E-state index contributed by atoms with van der Waals surface area (Å²) in [6.45, 7) is 0. The van der Waals surface area contributed by atoms with Crippen LogP contribution in [-0.4, -0.2) is 17.9 Å². The maximum absolute atomic E-state index is 12.9. The summed E-state index contributed by atoms with van der Waals surface area (Å²) in [4.78, 5) is 17.4. The van der Waals surface area contributed by atoms with Gasteiger partial charge in [0, 0.05) is 34.8 Å². The van der Waals surface area contributed by atoms with Crippen molar-refractivity contribution in [1.82, 2.24) is 4.98 Å². The van der Waals surface area contributed by atoms with E-state index in [1.54, 1.807) is 7.11 Å². The predicted molar refractivity (Wildman–Crippen MR) is 107 cm³/mol. The molecule has 1 aliphatic carbocycles. The Morgan fingerprint density at radius 1 is 1.07 bits per heavy atom. The van der Waals surface area contributed by atoms with Crippen LogP contribution in [0.25, 0.3) is 16.5 Å². The Kier molecular flexibility index (Phi) is 3.71. The number of methoxy groups -OCH3 is 1. The third-order valence-electron chi connectivity index (χ3n) is 5.58. The van der Waals surface area contributed by atoms with Crippen molar-refractivity contribution in [3.8, 4) is 5.75 Å². The molecule has 0 unspecified atom stereocenters. The third kappa shape index (κ3) is 2.52. The lowest BCUT2D eigenvalue weighted by atomic mass is 9.77. The summed E-state index contributed by atoms with van der Waals surface area (Å²) in [5, 5.41) is 4.73. The number of aromatic nitrogens is 1. The summed E-state index contributed by atoms with van der Waals surface area (Å²) in [5.41, 5.74) is 6.36. The van der Waals surface area contributed by atoms with Gasteiger partial charge in [0.2, 0.25) is 0 Å². The minimum atomic E-state index is -0.125. The van der Waals surface area contributed by atoms with E-state index in [2.05, 4.69) is 22.4 Å². The van der Waals surface area contributed by atoms with E-state index in [-0.39, 0.29) is 11.8 Å². The summed E-state index contributed by atoms with van der Waals surface area (Å²) in [6.07, 6.45) is 4.26. The molecule has 0 bridgehead atoms. The number of rotatable bonds is 2. The molecule has 0 fully saturated rings. The van der Waals surface area contributed by atoms with Crippen LogP contribution in [-0.2, 0) is 4.79 Å². The van der Waals surface area contributed by atoms with Crippen molar-refractivity contribution in [3.63, 3.8) is 0 Å². The van der Waals surface area contributed by atoms with Crippen LogP contribution in [0.4, 0.5) is 5.69 Å². The van der Waals surface area contributed by atoms with Crippen molar-refractivity contribution in [1.29, 1.82) is 0 Å². The second kappa shape index (κ2) is 6.23. The number of ether oxygens (including phenoxy) is 1. The van der Waals surface area contributed by atoms with E-state index in [1.165, 1.54) is 5.57 Å². The molecule has 1 aliphatic heterocycles. The number of carbonyl (C=O) groups is 1. The highest BCUT2D eigenvalue weighted by Gasteiger charge is 2.34.